The molecule has 0 saturated heterocycles. The molecule has 1 amide bonds. The number of carbonyl (C=O) groups is 2. The topological polar surface area (TPSA) is 94.1 Å². The van der Waals surface area contributed by atoms with Gasteiger partial charge in [-0.05, 0) is 35.9 Å². The lowest BCUT2D eigenvalue weighted by atomic mass is 10.1. The fourth-order valence-corrected chi connectivity index (χ4v) is 2.33. The Morgan fingerprint density at radius 3 is 2.25 bits per heavy atom. The number of carboxylic acid groups (broad SMARTS) is 1. The SMILES string of the molecule is COc1cc(/C=C/C(=O)Nc2ccccc2C(=O)O)cc(OC)c1OC(F)F. The molecular formula is C19H17F2NO6. The number of para-hydroxylation sites is 1. The van der Waals surface area contributed by atoms with Crippen molar-refractivity contribution in [1.29, 1.82) is 0 Å². The second-order valence-electron chi connectivity index (χ2n) is 5.31. The Bertz CT molecular complexity index is 873. The van der Waals surface area contributed by atoms with Crippen LogP contribution in [0.2, 0.25) is 0 Å². The van der Waals surface area contributed by atoms with Gasteiger partial charge in [-0.25, -0.2) is 4.79 Å². The second kappa shape index (κ2) is 9.36. The van der Waals surface area contributed by atoms with Gasteiger partial charge in [-0.15, -0.1) is 0 Å². The van der Waals surface area contributed by atoms with Gasteiger partial charge >= 0.3 is 12.6 Å². The van der Waals surface area contributed by atoms with E-state index in [2.05, 4.69) is 10.1 Å². The number of methoxy groups -OCH3 is 2. The third-order valence-electron chi connectivity index (χ3n) is 3.53. The average Bonchev–Trinajstić information content (AvgIpc) is 2.66. The van der Waals surface area contributed by atoms with E-state index in [1.54, 1.807) is 6.07 Å². The largest absolute Gasteiger partial charge is 0.493 e. The molecule has 28 heavy (non-hydrogen) atoms. The second-order valence-corrected chi connectivity index (χ2v) is 5.31. The van der Waals surface area contributed by atoms with Crippen molar-refractivity contribution in [3.8, 4) is 17.2 Å². The molecule has 0 unspecified atom stereocenters. The standard InChI is InChI=1S/C19H17F2NO6/c1-26-14-9-11(10-15(27-2)17(14)28-19(20)21)7-8-16(23)22-13-6-4-3-5-12(13)18(24)25/h3-10,19H,1-2H3,(H,22,23)(H,24,25)/b8-7+. The zero-order valence-corrected chi connectivity index (χ0v) is 14.9. The van der Waals surface area contributed by atoms with Crippen LogP contribution in [0.4, 0.5) is 14.5 Å². The van der Waals surface area contributed by atoms with E-state index in [-0.39, 0.29) is 28.5 Å². The van der Waals surface area contributed by atoms with E-state index < -0.39 is 18.5 Å². The lowest BCUT2D eigenvalue weighted by Crippen LogP contribution is -2.11. The third-order valence-corrected chi connectivity index (χ3v) is 3.53. The quantitative estimate of drug-likeness (QED) is 0.665. The number of hydrogen-bond donors (Lipinski definition) is 2. The number of nitrogens with one attached hydrogen (secondary N) is 1. The smallest absolute Gasteiger partial charge is 0.387 e. The van der Waals surface area contributed by atoms with Crippen molar-refractivity contribution in [1.82, 2.24) is 0 Å². The van der Waals surface area contributed by atoms with E-state index in [4.69, 9.17) is 14.6 Å². The Morgan fingerprint density at radius 2 is 1.71 bits per heavy atom. The predicted molar refractivity (Wildman–Crippen MR) is 97.2 cm³/mol. The third kappa shape index (κ3) is 5.19. The van der Waals surface area contributed by atoms with Crippen LogP contribution in [0.1, 0.15) is 15.9 Å². The van der Waals surface area contributed by atoms with Crippen molar-refractivity contribution in [2.75, 3.05) is 19.5 Å². The fraction of sp³-hybridized carbons (Fsp3) is 0.158. The van der Waals surface area contributed by atoms with Crippen molar-refractivity contribution >= 4 is 23.6 Å². The molecule has 0 aliphatic rings. The van der Waals surface area contributed by atoms with Gasteiger partial charge in [-0.3, -0.25) is 4.79 Å². The summed E-state index contributed by atoms with van der Waals surface area (Å²) in [7, 11) is 2.55. The summed E-state index contributed by atoms with van der Waals surface area (Å²) in [6.45, 7) is -3.07. The summed E-state index contributed by atoms with van der Waals surface area (Å²) < 4.78 is 39.6. The Morgan fingerprint density at radius 1 is 1.11 bits per heavy atom. The van der Waals surface area contributed by atoms with Gasteiger partial charge in [-0.2, -0.15) is 8.78 Å². The molecule has 0 aliphatic carbocycles. The molecule has 2 aromatic rings. The van der Waals surface area contributed by atoms with E-state index in [0.717, 1.165) is 6.08 Å². The van der Waals surface area contributed by atoms with E-state index in [0.29, 0.717) is 5.56 Å². The van der Waals surface area contributed by atoms with Gasteiger partial charge in [0.15, 0.2) is 11.5 Å². The number of alkyl halides is 2. The first kappa shape index (κ1) is 20.7. The molecule has 0 spiro atoms. The average molecular weight is 393 g/mol. The van der Waals surface area contributed by atoms with Crippen LogP contribution in [0.25, 0.3) is 6.08 Å². The van der Waals surface area contributed by atoms with Gasteiger partial charge < -0.3 is 24.6 Å². The summed E-state index contributed by atoms with van der Waals surface area (Å²) in [5, 5.41) is 11.6. The molecular weight excluding hydrogens is 376 g/mol. The Hall–Kier alpha value is -3.62. The molecule has 148 valence electrons. The first-order chi connectivity index (χ1) is 13.3. The van der Waals surface area contributed by atoms with Crippen molar-refractivity contribution in [2.24, 2.45) is 0 Å². The van der Waals surface area contributed by atoms with E-state index in [1.165, 1.54) is 50.6 Å². The van der Waals surface area contributed by atoms with Crippen LogP contribution in [0.3, 0.4) is 0 Å². The van der Waals surface area contributed by atoms with Crippen LogP contribution in [0.5, 0.6) is 17.2 Å². The summed E-state index contributed by atoms with van der Waals surface area (Å²) in [4.78, 5) is 23.3. The number of halogens is 2. The maximum atomic E-state index is 12.6. The van der Waals surface area contributed by atoms with E-state index in [1.807, 2.05) is 0 Å². The van der Waals surface area contributed by atoms with Crippen LogP contribution in [0, 0.1) is 0 Å². The zero-order valence-electron chi connectivity index (χ0n) is 14.9. The zero-order chi connectivity index (χ0) is 20.7. The number of rotatable bonds is 8. The van der Waals surface area contributed by atoms with Crippen LogP contribution in [-0.4, -0.2) is 37.8 Å². The first-order valence-corrected chi connectivity index (χ1v) is 7.88. The minimum absolute atomic E-state index is 0.00377. The molecule has 0 aliphatic heterocycles. The normalized spacial score (nSPS) is 10.8. The highest BCUT2D eigenvalue weighted by Gasteiger charge is 2.17. The first-order valence-electron chi connectivity index (χ1n) is 7.88. The fourth-order valence-electron chi connectivity index (χ4n) is 2.33. The van der Waals surface area contributed by atoms with E-state index >= 15 is 0 Å². The molecule has 0 radical (unpaired) electrons. The highest BCUT2D eigenvalue weighted by atomic mass is 19.3. The Labute approximate surface area is 159 Å². The summed E-state index contributed by atoms with van der Waals surface area (Å²) in [5.41, 5.74) is 0.499. The van der Waals surface area contributed by atoms with Gasteiger partial charge in [0, 0.05) is 6.08 Å². The molecule has 0 saturated carbocycles. The summed E-state index contributed by atoms with van der Waals surface area (Å²) in [6.07, 6.45) is 2.54. The molecule has 2 rings (SSSR count). The molecule has 0 heterocycles. The molecule has 2 aromatic carbocycles. The van der Waals surface area contributed by atoms with Crippen LogP contribution in [0.15, 0.2) is 42.5 Å². The van der Waals surface area contributed by atoms with Crippen molar-refractivity contribution in [2.45, 2.75) is 6.61 Å². The highest BCUT2D eigenvalue weighted by molar-refractivity contribution is 6.06. The number of ether oxygens (including phenoxy) is 3. The van der Waals surface area contributed by atoms with Crippen molar-refractivity contribution < 1.29 is 37.7 Å². The number of benzene rings is 2. The lowest BCUT2D eigenvalue weighted by molar-refractivity contribution is -0.111. The minimum Gasteiger partial charge on any atom is -0.493 e. The summed E-state index contributed by atoms with van der Waals surface area (Å²) in [6, 6.07) is 8.71. The van der Waals surface area contributed by atoms with Crippen molar-refractivity contribution in [3.63, 3.8) is 0 Å². The van der Waals surface area contributed by atoms with Crippen LogP contribution >= 0.6 is 0 Å². The molecule has 0 atom stereocenters. The van der Waals surface area contributed by atoms with E-state index in [9.17, 15) is 18.4 Å². The number of aromatic carboxylic acids is 1. The molecule has 9 heteroatoms. The van der Waals surface area contributed by atoms with Crippen molar-refractivity contribution in [3.05, 3.63) is 53.6 Å². The summed E-state index contributed by atoms with van der Waals surface area (Å²) in [5.74, 6) is -2.03. The minimum atomic E-state index is -3.07. The lowest BCUT2D eigenvalue weighted by Gasteiger charge is -2.14. The van der Waals surface area contributed by atoms with Gasteiger partial charge in [0.05, 0.1) is 25.5 Å². The molecule has 0 fully saturated rings. The number of hydrogen-bond acceptors (Lipinski definition) is 5. The Kier molecular flexibility index (Phi) is 6.91. The number of carboxylic acids is 1. The van der Waals surface area contributed by atoms with Gasteiger partial charge in [0.2, 0.25) is 11.7 Å². The number of anilines is 1. The molecule has 0 aromatic heterocycles. The maximum absolute atomic E-state index is 12.6. The number of carbonyl (C=O) groups excluding carboxylic acids is 1. The van der Waals surface area contributed by atoms with Crippen LogP contribution in [-0.2, 0) is 4.79 Å². The van der Waals surface area contributed by atoms with Gasteiger partial charge in [0.25, 0.3) is 0 Å². The monoisotopic (exact) mass is 393 g/mol. The Balaban J connectivity index is 2.24. The molecule has 7 nitrogen and oxygen atoms in total. The van der Waals surface area contributed by atoms with Gasteiger partial charge in [-0.1, -0.05) is 12.1 Å². The highest BCUT2D eigenvalue weighted by Crippen LogP contribution is 2.39. The van der Waals surface area contributed by atoms with Crippen LogP contribution < -0.4 is 19.5 Å². The molecule has 2 N–H and O–H groups in total. The molecule has 0 bridgehead atoms. The van der Waals surface area contributed by atoms with Gasteiger partial charge in [0.1, 0.15) is 0 Å². The maximum Gasteiger partial charge on any atom is 0.387 e. The predicted octanol–water partition coefficient (Wildman–Crippen LogP) is 3.66. The number of amides is 1. The summed E-state index contributed by atoms with van der Waals surface area (Å²) >= 11 is 0.